The normalized spacial score (nSPS) is 12.3. The van der Waals surface area contributed by atoms with E-state index in [1.807, 2.05) is 0 Å². The van der Waals surface area contributed by atoms with Crippen LogP contribution in [-0.2, 0) is 40.0 Å². The summed E-state index contributed by atoms with van der Waals surface area (Å²) in [6.45, 7) is 3.88. The number of benzene rings is 6. The van der Waals surface area contributed by atoms with E-state index in [-0.39, 0.29) is 32.0 Å². The second-order valence-electron chi connectivity index (χ2n) is 13.8. The van der Waals surface area contributed by atoms with Crippen LogP contribution in [0.3, 0.4) is 0 Å². The molecule has 0 saturated heterocycles. The van der Waals surface area contributed by atoms with Gasteiger partial charge in [-0.05, 0) is 103 Å². The lowest BCUT2D eigenvalue weighted by Crippen LogP contribution is -2.09. The maximum atomic E-state index is 15.3. The number of thioether (sulfide) groups is 1. The molecule has 0 fully saturated rings. The Balaban J connectivity index is 1.29. The van der Waals surface area contributed by atoms with Gasteiger partial charge in [-0.15, -0.1) is 11.8 Å². The van der Waals surface area contributed by atoms with Crippen molar-refractivity contribution < 1.29 is 69.1 Å². The van der Waals surface area contributed by atoms with Crippen molar-refractivity contribution in [3.63, 3.8) is 0 Å². The molecule has 0 bridgehead atoms. The molecule has 0 aliphatic rings. The summed E-state index contributed by atoms with van der Waals surface area (Å²) in [4.78, 5) is -1.32. The monoisotopic (exact) mass is 1010 g/mol. The number of aryl methyl sites for hydroxylation is 2. The zero-order valence-corrected chi connectivity index (χ0v) is 38.3. The largest absolute Gasteiger partial charge is 0.297 e. The number of sulfone groups is 1. The summed E-state index contributed by atoms with van der Waals surface area (Å²) in [6.07, 6.45) is 1.58. The number of rotatable bonds is 13. The molecular formula is C42H30F8O8S6. The Kier molecular flexibility index (Phi) is 14.1. The molecule has 0 unspecified atom stereocenters. The first-order valence-electron chi connectivity index (χ1n) is 17.9. The van der Waals surface area contributed by atoms with E-state index in [0.29, 0.717) is 34.1 Å². The summed E-state index contributed by atoms with van der Waals surface area (Å²) in [7, 11) is -12.6. The van der Waals surface area contributed by atoms with Crippen LogP contribution in [0, 0.1) is 67.3 Å². The molecule has 0 amide bonds. The Labute approximate surface area is 375 Å². The van der Waals surface area contributed by atoms with Crippen LogP contribution in [0.25, 0.3) is 22.3 Å². The summed E-state index contributed by atoms with van der Waals surface area (Å²) >= 11 is 2.33. The zero-order chi connectivity index (χ0) is 47.4. The molecule has 0 atom stereocenters. The maximum Gasteiger partial charge on any atom is 0.297 e. The molecule has 0 heterocycles. The van der Waals surface area contributed by atoms with Gasteiger partial charge in [-0.25, -0.2) is 43.5 Å². The molecule has 0 radical (unpaired) electrons. The summed E-state index contributed by atoms with van der Waals surface area (Å²) < 4.78 is 210. The third kappa shape index (κ3) is 9.46. The van der Waals surface area contributed by atoms with E-state index < -0.39 is 119 Å². The summed E-state index contributed by atoms with van der Waals surface area (Å²) in [5.74, 6) is -18.2. The summed E-state index contributed by atoms with van der Waals surface area (Å²) in [5.41, 5.74) is -3.04. The van der Waals surface area contributed by atoms with Gasteiger partial charge in [0.25, 0.3) is 20.2 Å². The quantitative estimate of drug-likeness (QED) is 0.0390. The molecule has 338 valence electrons. The Morgan fingerprint density at radius 2 is 0.984 bits per heavy atom. The second kappa shape index (κ2) is 18.5. The predicted octanol–water partition coefficient (Wildman–Crippen LogP) is 11.6. The van der Waals surface area contributed by atoms with Gasteiger partial charge in [0.1, 0.15) is 10.6 Å². The van der Waals surface area contributed by atoms with Crippen LogP contribution >= 0.6 is 35.3 Å². The third-order valence-electron chi connectivity index (χ3n) is 9.69. The van der Waals surface area contributed by atoms with Crippen LogP contribution in [-0.4, -0.2) is 43.2 Å². The Morgan fingerprint density at radius 3 is 1.44 bits per heavy atom. The second-order valence-corrected chi connectivity index (χ2v) is 21.9. The van der Waals surface area contributed by atoms with Crippen molar-refractivity contribution in [3.05, 3.63) is 142 Å². The topological polar surface area (TPSA) is 132 Å². The lowest BCUT2D eigenvalue weighted by atomic mass is 9.99. The van der Waals surface area contributed by atoms with Gasteiger partial charge in [0, 0.05) is 25.1 Å². The molecule has 6 aromatic carbocycles. The molecule has 8 nitrogen and oxygen atoms in total. The van der Waals surface area contributed by atoms with Crippen molar-refractivity contribution in [2.24, 2.45) is 0 Å². The molecule has 6 rings (SSSR count). The Bertz CT molecular complexity index is 3200. The van der Waals surface area contributed by atoms with Crippen LogP contribution in [0.1, 0.15) is 22.3 Å². The average Bonchev–Trinajstić information content (AvgIpc) is 3.25. The highest BCUT2D eigenvalue weighted by Gasteiger charge is 2.34. The minimum Gasteiger partial charge on any atom is -0.285 e. The van der Waals surface area contributed by atoms with Crippen molar-refractivity contribution in [2.45, 2.75) is 65.7 Å². The van der Waals surface area contributed by atoms with Crippen molar-refractivity contribution in [3.8, 4) is 22.3 Å². The molecule has 0 aromatic heterocycles. The average molecular weight is 1010 g/mol. The van der Waals surface area contributed by atoms with Crippen molar-refractivity contribution >= 4 is 65.4 Å². The fourth-order valence-corrected chi connectivity index (χ4v) is 12.2. The van der Waals surface area contributed by atoms with Crippen molar-refractivity contribution in [1.29, 1.82) is 0 Å². The molecular weight excluding hydrogens is 977 g/mol. The lowest BCUT2D eigenvalue weighted by Gasteiger charge is -2.16. The Hall–Kier alpha value is -4.42. The smallest absolute Gasteiger partial charge is 0.285 e. The molecule has 64 heavy (non-hydrogen) atoms. The minimum atomic E-state index is -4.71. The van der Waals surface area contributed by atoms with Crippen LogP contribution in [0.5, 0.6) is 0 Å². The van der Waals surface area contributed by atoms with Crippen LogP contribution < -0.4 is 0 Å². The molecule has 0 saturated carbocycles. The van der Waals surface area contributed by atoms with E-state index >= 15 is 17.6 Å². The fourth-order valence-electron chi connectivity index (χ4n) is 6.37. The van der Waals surface area contributed by atoms with E-state index in [2.05, 4.69) is 4.18 Å². The maximum absolute atomic E-state index is 15.3. The lowest BCUT2D eigenvalue weighted by molar-refractivity contribution is 0.396. The standard InChI is InChI=1S/C42H30F8O8S6/c1-19-14-22(23-7-11-28(20(2)15-23)61-42-40(49)38(47)33(39(48)41(42)50)32-36(45)34(43)21(3)35(44)37(32)46)6-10-27(19)60-29-12-8-25(16-24(29)18-62(51,52)53)63(54,55)26-9-13-30(59-5)31(17-26)64(56,57)58-4/h6-17H,18H2,1-5H3,(H,51,52,53). The number of hydrogen-bond acceptors (Lipinski definition) is 10. The fraction of sp³-hybridized carbons (Fsp3) is 0.143. The first-order valence-corrected chi connectivity index (χ1v) is 25.3. The van der Waals surface area contributed by atoms with Crippen LogP contribution in [0.4, 0.5) is 35.1 Å². The van der Waals surface area contributed by atoms with Gasteiger partial charge in [-0.2, -0.15) is 16.8 Å². The van der Waals surface area contributed by atoms with E-state index in [4.69, 9.17) is 0 Å². The first kappa shape index (κ1) is 49.0. The Morgan fingerprint density at radius 1 is 0.547 bits per heavy atom. The van der Waals surface area contributed by atoms with Crippen molar-refractivity contribution in [2.75, 3.05) is 13.4 Å². The first-order chi connectivity index (χ1) is 29.8. The summed E-state index contributed by atoms with van der Waals surface area (Å²) in [5, 5.41) is 0. The summed E-state index contributed by atoms with van der Waals surface area (Å²) in [6, 6.07) is 16.5. The highest BCUT2D eigenvalue weighted by molar-refractivity contribution is 8.00. The van der Waals surface area contributed by atoms with E-state index in [9.17, 15) is 47.4 Å². The highest BCUT2D eigenvalue weighted by atomic mass is 32.2. The SMILES string of the molecule is COS(=O)(=O)c1cc(S(=O)(=O)c2ccc(Sc3ccc(-c4ccc(Sc5c(F)c(F)c(-c6c(F)c(F)c(C)c(F)c6F)c(F)c5F)c(C)c4)cc3C)c(CS(=O)(=O)O)c2)ccc1SC. The molecule has 0 aliphatic heterocycles. The van der Waals surface area contributed by atoms with Crippen molar-refractivity contribution in [1.82, 2.24) is 0 Å². The van der Waals surface area contributed by atoms with Gasteiger partial charge < -0.3 is 0 Å². The van der Waals surface area contributed by atoms with Gasteiger partial charge in [-0.3, -0.25) is 8.74 Å². The van der Waals surface area contributed by atoms with Crippen LogP contribution in [0.2, 0.25) is 0 Å². The number of halogens is 8. The van der Waals surface area contributed by atoms with E-state index in [0.717, 1.165) is 42.8 Å². The van der Waals surface area contributed by atoms with Gasteiger partial charge in [0.2, 0.25) is 9.84 Å². The van der Waals surface area contributed by atoms with Gasteiger partial charge in [0.15, 0.2) is 46.5 Å². The highest BCUT2D eigenvalue weighted by Crippen LogP contribution is 2.44. The van der Waals surface area contributed by atoms with E-state index in [1.165, 1.54) is 43.3 Å². The predicted molar refractivity (Wildman–Crippen MR) is 225 cm³/mol. The molecule has 0 aliphatic carbocycles. The minimum absolute atomic E-state index is 0.0919. The van der Waals surface area contributed by atoms with Gasteiger partial charge in [0.05, 0.1) is 32.9 Å². The van der Waals surface area contributed by atoms with Gasteiger partial charge >= 0.3 is 0 Å². The van der Waals surface area contributed by atoms with E-state index in [1.54, 1.807) is 37.4 Å². The molecule has 22 heteroatoms. The van der Waals surface area contributed by atoms with Gasteiger partial charge in [-0.1, -0.05) is 47.8 Å². The number of hydrogen-bond donors (Lipinski definition) is 1. The molecule has 0 spiro atoms. The third-order valence-corrected chi connectivity index (χ3v) is 16.9. The van der Waals surface area contributed by atoms with Crippen LogP contribution in [0.15, 0.2) is 112 Å². The zero-order valence-electron chi connectivity index (χ0n) is 33.4. The molecule has 1 N–H and O–H groups in total. The molecule has 6 aromatic rings.